The molecule has 0 fully saturated rings. The number of carbonyl (C=O) groups excluding carboxylic acids is 1. The molecule has 52 heavy (non-hydrogen) atoms. The van der Waals surface area contributed by atoms with Gasteiger partial charge in [0.15, 0.2) is 6.10 Å². The third kappa shape index (κ3) is 9.90. The van der Waals surface area contributed by atoms with E-state index < -0.39 is 45.5 Å². The molecule has 1 aliphatic rings. The quantitative estimate of drug-likeness (QED) is 0.175. The minimum absolute atomic E-state index is 0.00193. The summed E-state index contributed by atoms with van der Waals surface area (Å²) in [6.07, 6.45) is -0.749. The second-order valence-electron chi connectivity index (χ2n) is 20.9. The number of carbonyl (C=O) groups is 1. The van der Waals surface area contributed by atoms with Crippen molar-refractivity contribution >= 4 is 39.2 Å². The Balaban J connectivity index is 2.27. The minimum Gasteiger partial charge on any atom is -0.543 e. The van der Waals surface area contributed by atoms with E-state index in [0.717, 1.165) is 28.4 Å². The van der Waals surface area contributed by atoms with Crippen molar-refractivity contribution in [3.8, 4) is 28.7 Å². The third-order valence-electron chi connectivity index (χ3n) is 12.4. The molecular weight excluding hydrogens is 717 g/mol. The third-order valence-corrected chi connectivity index (χ3v) is 29.8. The van der Waals surface area contributed by atoms with Crippen LogP contribution in [0.1, 0.15) is 107 Å². The molecule has 2 aromatic rings. The Bertz CT molecular complexity index is 1600. The van der Waals surface area contributed by atoms with Crippen LogP contribution in [-0.4, -0.2) is 45.3 Å². The van der Waals surface area contributed by atoms with E-state index in [1.165, 1.54) is 6.92 Å². The highest BCUT2D eigenvalue weighted by Gasteiger charge is 2.45. The van der Waals surface area contributed by atoms with Gasteiger partial charge in [0, 0.05) is 31.0 Å². The van der Waals surface area contributed by atoms with Crippen LogP contribution < -0.4 is 22.4 Å². The van der Waals surface area contributed by atoms with E-state index in [0.29, 0.717) is 17.9 Å². The SMILES string of the molecule is CC(=O)O[C@@H]1Cc2c(cc(O[Si](C)(C)C(C)(C)C)cc2O[Si](C)(C)C(C)(C)C)O[C@@H]1c1ccc(O[Si](C)(C)C(C)(C)C)c(O[Si](C)(C)C(C)(C)C)c1. The number of benzene rings is 2. The van der Waals surface area contributed by atoms with Crippen LogP contribution in [0.25, 0.3) is 0 Å². The number of hydrogen-bond acceptors (Lipinski definition) is 7. The molecule has 1 aliphatic heterocycles. The van der Waals surface area contributed by atoms with Gasteiger partial charge in [0.05, 0.1) is 0 Å². The predicted molar refractivity (Wildman–Crippen MR) is 227 cm³/mol. The van der Waals surface area contributed by atoms with Crippen LogP contribution >= 0.6 is 0 Å². The van der Waals surface area contributed by atoms with Gasteiger partial charge in [-0.05, 0) is 90.2 Å². The van der Waals surface area contributed by atoms with Gasteiger partial charge < -0.3 is 27.2 Å². The average molecular weight is 789 g/mol. The first kappa shape index (κ1) is 44.2. The van der Waals surface area contributed by atoms with Crippen molar-refractivity contribution in [3.05, 3.63) is 41.5 Å². The zero-order chi connectivity index (χ0) is 40.3. The summed E-state index contributed by atoms with van der Waals surface area (Å²) in [5, 5.41) is -0.0515. The maximum atomic E-state index is 12.7. The molecule has 2 atom stereocenters. The number of hydrogen-bond donors (Lipinski definition) is 0. The Morgan fingerprint density at radius 2 is 1.02 bits per heavy atom. The predicted octanol–water partition coefficient (Wildman–Crippen LogP) is 12.8. The van der Waals surface area contributed by atoms with Crippen molar-refractivity contribution in [1.82, 2.24) is 0 Å². The van der Waals surface area contributed by atoms with Crippen LogP contribution in [0.3, 0.4) is 0 Å². The first-order chi connectivity index (χ1) is 23.1. The van der Waals surface area contributed by atoms with Gasteiger partial charge in [0.2, 0.25) is 16.6 Å². The van der Waals surface area contributed by atoms with Gasteiger partial charge >= 0.3 is 5.97 Å². The fourth-order valence-corrected chi connectivity index (χ4v) is 8.86. The lowest BCUT2D eigenvalue weighted by atomic mass is 9.93. The van der Waals surface area contributed by atoms with E-state index in [1.807, 2.05) is 24.3 Å². The van der Waals surface area contributed by atoms with Gasteiger partial charge in [-0.2, -0.15) is 0 Å². The average Bonchev–Trinajstić information content (AvgIpc) is 2.90. The van der Waals surface area contributed by atoms with Crippen LogP contribution in [-0.2, 0) is 16.0 Å². The van der Waals surface area contributed by atoms with E-state index in [9.17, 15) is 4.79 Å². The van der Waals surface area contributed by atoms with Crippen molar-refractivity contribution in [3.63, 3.8) is 0 Å². The number of ether oxygens (including phenoxy) is 2. The standard InChI is InChI=1S/C41H72O7Si4/c1-28(42)43-36-27-31-33(25-30(45-49(14,15)38(2,3)4)26-34(31)47-51(18,19)40(8,9)10)44-37(36)29-22-23-32(46-50(16,17)39(5,6)7)35(24-29)48-52(20,21)41(11,12)13/h22-26,36-37H,27H2,1-21H3/t36-,37-/m1/s1. The van der Waals surface area contributed by atoms with Crippen LogP contribution in [0.2, 0.25) is 72.5 Å². The summed E-state index contributed by atoms with van der Waals surface area (Å²) in [7, 11) is -8.96. The second kappa shape index (κ2) is 14.5. The van der Waals surface area contributed by atoms with Gasteiger partial charge in [-0.15, -0.1) is 0 Å². The first-order valence-corrected chi connectivity index (χ1v) is 30.6. The first-order valence-electron chi connectivity index (χ1n) is 19.0. The summed E-state index contributed by atoms with van der Waals surface area (Å²) < 4.78 is 40.9. The lowest BCUT2D eigenvalue weighted by molar-refractivity contribution is -0.152. The molecule has 3 rings (SSSR count). The number of rotatable bonds is 10. The van der Waals surface area contributed by atoms with E-state index in [-0.39, 0.29) is 26.1 Å². The molecule has 0 saturated carbocycles. The van der Waals surface area contributed by atoms with E-state index >= 15 is 0 Å². The van der Waals surface area contributed by atoms with Crippen molar-refractivity contribution in [2.24, 2.45) is 0 Å². The highest BCUT2D eigenvalue weighted by atomic mass is 28.4. The summed E-state index contributed by atoms with van der Waals surface area (Å²) in [6.45, 7) is 46.3. The molecular formula is C41H72O7Si4. The molecule has 11 heteroatoms. The molecule has 0 aromatic heterocycles. The lowest BCUT2D eigenvalue weighted by Gasteiger charge is -2.41. The zero-order valence-electron chi connectivity index (χ0n) is 36.6. The van der Waals surface area contributed by atoms with E-state index in [1.54, 1.807) is 0 Å². The van der Waals surface area contributed by atoms with Crippen LogP contribution in [0, 0.1) is 0 Å². The molecule has 0 N–H and O–H groups in total. The van der Waals surface area contributed by atoms with Crippen LogP contribution in [0.15, 0.2) is 30.3 Å². The summed E-state index contributed by atoms with van der Waals surface area (Å²) in [4.78, 5) is 12.7. The van der Waals surface area contributed by atoms with Gasteiger partial charge in [-0.3, -0.25) is 4.79 Å². The van der Waals surface area contributed by atoms with Gasteiger partial charge in [0.1, 0.15) is 34.9 Å². The van der Waals surface area contributed by atoms with Crippen LogP contribution in [0.4, 0.5) is 0 Å². The smallest absolute Gasteiger partial charge is 0.303 e. The molecule has 0 amide bonds. The lowest BCUT2D eigenvalue weighted by Crippen LogP contribution is -2.46. The van der Waals surface area contributed by atoms with Crippen molar-refractivity contribution in [2.75, 3.05) is 0 Å². The van der Waals surface area contributed by atoms with Crippen molar-refractivity contribution in [1.29, 1.82) is 0 Å². The molecule has 294 valence electrons. The van der Waals surface area contributed by atoms with E-state index in [2.05, 4.69) is 142 Å². The summed E-state index contributed by atoms with van der Waals surface area (Å²) in [5.74, 6) is 3.27. The molecule has 0 unspecified atom stereocenters. The maximum Gasteiger partial charge on any atom is 0.303 e. The number of fused-ring (bicyclic) bond motifs is 1. The highest BCUT2D eigenvalue weighted by Crippen LogP contribution is 2.50. The normalized spacial score (nSPS) is 17.9. The Hall–Kier alpha value is -2.22. The zero-order valence-corrected chi connectivity index (χ0v) is 40.6. The highest BCUT2D eigenvalue weighted by molar-refractivity contribution is 6.76. The number of esters is 1. The second-order valence-corrected chi connectivity index (χ2v) is 39.8. The molecule has 0 spiro atoms. The fraction of sp³-hybridized carbons (Fsp3) is 0.683. The molecule has 0 saturated heterocycles. The topological polar surface area (TPSA) is 72.5 Å². The largest absolute Gasteiger partial charge is 0.543 e. The van der Waals surface area contributed by atoms with Crippen molar-refractivity contribution < 1.29 is 32.0 Å². The fourth-order valence-electron chi connectivity index (χ4n) is 4.77. The summed E-state index contributed by atoms with van der Waals surface area (Å²) in [6, 6.07) is 10.2. The Morgan fingerprint density at radius 3 is 1.46 bits per heavy atom. The molecule has 0 aliphatic carbocycles. The monoisotopic (exact) mass is 788 g/mol. The molecule has 0 radical (unpaired) electrons. The molecule has 2 aromatic carbocycles. The molecule has 1 heterocycles. The summed E-state index contributed by atoms with van der Waals surface area (Å²) >= 11 is 0. The van der Waals surface area contributed by atoms with E-state index in [4.69, 9.17) is 27.2 Å². The van der Waals surface area contributed by atoms with Crippen molar-refractivity contribution in [2.45, 2.75) is 181 Å². The van der Waals surface area contributed by atoms with Crippen LogP contribution in [0.5, 0.6) is 28.7 Å². The maximum absolute atomic E-state index is 12.7. The van der Waals surface area contributed by atoms with Gasteiger partial charge in [-0.1, -0.05) is 89.2 Å². The minimum atomic E-state index is -2.28. The van der Waals surface area contributed by atoms with Gasteiger partial charge in [0.25, 0.3) is 16.6 Å². The Labute approximate surface area is 321 Å². The molecule has 0 bridgehead atoms. The Kier molecular flexibility index (Phi) is 12.3. The molecule has 7 nitrogen and oxygen atoms in total. The summed E-state index contributed by atoms with van der Waals surface area (Å²) in [5.41, 5.74) is 1.75. The Morgan fingerprint density at radius 1 is 0.596 bits per heavy atom. The van der Waals surface area contributed by atoms with Gasteiger partial charge in [-0.25, -0.2) is 0 Å².